The molecule has 3 nitrogen and oxygen atoms in total. The van der Waals surface area contributed by atoms with Crippen molar-refractivity contribution in [3.8, 4) is 0 Å². The molecule has 0 heterocycles. The fourth-order valence-corrected chi connectivity index (χ4v) is 0.874. The number of carbonyl (C=O) groups is 1. The predicted molar refractivity (Wildman–Crippen MR) is 43.6 cm³/mol. The van der Waals surface area contributed by atoms with Crippen molar-refractivity contribution in [1.29, 1.82) is 0 Å². The topological polar surface area (TPSA) is 43.4 Å². The van der Waals surface area contributed by atoms with Crippen molar-refractivity contribution in [2.24, 2.45) is 0 Å². The molecule has 0 aliphatic heterocycles. The Morgan fingerprint density at radius 3 is 2.55 bits per heavy atom. The molecule has 0 aromatic heterocycles. The molecule has 0 radical (unpaired) electrons. The Hall–Kier alpha value is -1.35. The maximum atomic E-state index is 10.8. The second kappa shape index (κ2) is 3.16. The summed E-state index contributed by atoms with van der Waals surface area (Å²) in [5.41, 5.74) is 0.826. The summed E-state index contributed by atoms with van der Waals surface area (Å²) in [6.45, 7) is 0. The van der Waals surface area contributed by atoms with Gasteiger partial charge in [0.2, 0.25) is 0 Å². The van der Waals surface area contributed by atoms with E-state index in [1.54, 1.807) is 24.3 Å². The van der Waals surface area contributed by atoms with E-state index in [0.717, 1.165) is 0 Å². The summed E-state index contributed by atoms with van der Waals surface area (Å²) in [5.74, 6) is 0. The number of hydroxylamine groups is 1. The highest BCUT2D eigenvalue weighted by molar-refractivity contribution is 5.84. The number of rotatable bonds is 2. The minimum Gasteiger partial charge on any atom is -0.758 e. The van der Waals surface area contributed by atoms with Crippen LogP contribution in [0.1, 0.15) is 10.4 Å². The molecule has 0 unspecified atom stereocenters. The van der Waals surface area contributed by atoms with Crippen molar-refractivity contribution in [2.45, 2.75) is 0 Å². The lowest BCUT2D eigenvalue weighted by atomic mass is 10.2. The van der Waals surface area contributed by atoms with Crippen molar-refractivity contribution in [2.75, 3.05) is 12.1 Å². The van der Waals surface area contributed by atoms with Crippen LogP contribution < -0.4 is 5.06 Å². The number of nitrogens with zero attached hydrogens (tertiary/aromatic N) is 1. The summed E-state index contributed by atoms with van der Waals surface area (Å²) in [6.07, 6.45) is 0.670. The van der Waals surface area contributed by atoms with Crippen LogP contribution in [0.2, 0.25) is 0 Å². The third-order valence-electron chi connectivity index (χ3n) is 1.40. The second-order valence-corrected chi connectivity index (χ2v) is 2.17. The van der Waals surface area contributed by atoms with Crippen molar-refractivity contribution >= 4 is 12.0 Å². The van der Waals surface area contributed by atoms with Crippen LogP contribution in [-0.2, 0) is 0 Å². The van der Waals surface area contributed by atoms with Crippen molar-refractivity contribution < 1.29 is 4.79 Å². The highest BCUT2D eigenvalue weighted by atomic mass is 16.5. The number of carbonyl (C=O) groups excluding carboxylic acids is 1. The molecule has 0 aliphatic rings. The van der Waals surface area contributed by atoms with E-state index >= 15 is 0 Å². The van der Waals surface area contributed by atoms with Gasteiger partial charge in [0.05, 0.1) is 0 Å². The third-order valence-corrected chi connectivity index (χ3v) is 1.40. The van der Waals surface area contributed by atoms with Crippen LogP contribution in [0, 0.1) is 5.21 Å². The van der Waals surface area contributed by atoms with E-state index in [1.165, 1.54) is 7.05 Å². The zero-order valence-corrected chi connectivity index (χ0v) is 6.15. The summed E-state index contributed by atoms with van der Waals surface area (Å²) in [7, 11) is 1.36. The van der Waals surface area contributed by atoms with Crippen LogP contribution >= 0.6 is 0 Å². The zero-order chi connectivity index (χ0) is 8.27. The zero-order valence-electron chi connectivity index (χ0n) is 6.15. The number of anilines is 1. The molecule has 1 rings (SSSR count). The lowest BCUT2D eigenvalue weighted by molar-refractivity contribution is 0.112. The quantitative estimate of drug-likeness (QED) is 0.473. The molecule has 0 saturated heterocycles. The van der Waals surface area contributed by atoms with Crippen molar-refractivity contribution in [3.05, 3.63) is 35.0 Å². The summed E-state index contributed by atoms with van der Waals surface area (Å²) >= 11 is 0. The monoisotopic (exact) mass is 150 g/mol. The Morgan fingerprint density at radius 2 is 2.09 bits per heavy atom. The Kier molecular flexibility index (Phi) is 2.23. The Balaban J connectivity index is 3.12. The number of benzene rings is 1. The predicted octanol–water partition coefficient (Wildman–Crippen LogP) is 1.43. The highest BCUT2D eigenvalue weighted by Crippen LogP contribution is 2.15. The van der Waals surface area contributed by atoms with Gasteiger partial charge in [0.1, 0.15) is 0 Å². The van der Waals surface area contributed by atoms with E-state index in [9.17, 15) is 10.0 Å². The highest BCUT2D eigenvalue weighted by Gasteiger charge is 1.96. The fourth-order valence-electron chi connectivity index (χ4n) is 0.874. The van der Waals surface area contributed by atoms with E-state index in [2.05, 4.69) is 0 Å². The van der Waals surface area contributed by atoms with Crippen LogP contribution in [-0.4, -0.2) is 13.3 Å². The van der Waals surface area contributed by atoms with E-state index < -0.39 is 0 Å². The first-order valence-corrected chi connectivity index (χ1v) is 3.21. The fraction of sp³-hybridized carbons (Fsp3) is 0.125. The first-order valence-electron chi connectivity index (χ1n) is 3.21. The third kappa shape index (κ3) is 1.56. The number of aldehydes is 1. The minimum absolute atomic E-state index is 0.405. The van der Waals surface area contributed by atoms with Gasteiger partial charge in [-0.15, -0.1) is 0 Å². The van der Waals surface area contributed by atoms with Gasteiger partial charge in [-0.3, -0.25) is 4.79 Å². The van der Waals surface area contributed by atoms with Gasteiger partial charge >= 0.3 is 0 Å². The summed E-state index contributed by atoms with van der Waals surface area (Å²) in [4.78, 5) is 10.4. The molecule has 0 fully saturated rings. The first kappa shape index (κ1) is 7.75. The van der Waals surface area contributed by atoms with Crippen LogP contribution in [0.25, 0.3) is 0 Å². The standard InChI is InChI=1S/C8H8NO2/c1-9(11)8-5-3-2-4-7(8)6-10/h2-6H,1H3/q-1. The van der Waals surface area contributed by atoms with Gasteiger partial charge in [-0.2, -0.15) is 0 Å². The molecule has 58 valence electrons. The van der Waals surface area contributed by atoms with Gasteiger partial charge in [-0.1, -0.05) is 12.1 Å². The minimum atomic E-state index is 0.405. The molecule has 0 atom stereocenters. The Morgan fingerprint density at radius 1 is 1.45 bits per heavy atom. The Bertz CT molecular complexity index is 258. The van der Waals surface area contributed by atoms with E-state index in [-0.39, 0.29) is 0 Å². The van der Waals surface area contributed by atoms with Gasteiger partial charge in [0.15, 0.2) is 6.29 Å². The number of hydrogen-bond acceptors (Lipinski definition) is 3. The number of para-hydroxylation sites is 1. The first-order chi connectivity index (χ1) is 5.25. The summed E-state index contributed by atoms with van der Waals surface area (Å²) in [5, 5.41) is 11.5. The van der Waals surface area contributed by atoms with Crippen molar-refractivity contribution in [1.82, 2.24) is 0 Å². The molecule has 0 bridgehead atoms. The smallest absolute Gasteiger partial charge is 0.152 e. The van der Waals surface area contributed by atoms with Crippen LogP contribution in [0.15, 0.2) is 24.3 Å². The number of hydrogen-bond donors (Lipinski definition) is 0. The van der Waals surface area contributed by atoms with E-state index in [4.69, 9.17) is 0 Å². The molecule has 0 spiro atoms. The van der Waals surface area contributed by atoms with Crippen molar-refractivity contribution in [3.63, 3.8) is 0 Å². The normalized spacial score (nSPS) is 9.27. The van der Waals surface area contributed by atoms with Gasteiger partial charge < -0.3 is 10.3 Å². The molecule has 11 heavy (non-hydrogen) atoms. The molecule has 3 heteroatoms. The average molecular weight is 150 g/mol. The van der Waals surface area contributed by atoms with Gasteiger partial charge in [-0.25, -0.2) is 0 Å². The van der Waals surface area contributed by atoms with Crippen LogP contribution in [0.4, 0.5) is 5.69 Å². The average Bonchev–Trinajstić information content (AvgIpc) is 2.04. The van der Waals surface area contributed by atoms with Gasteiger partial charge in [0.25, 0.3) is 0 Å². The van der Waals surface area contributed by atoms with Crippen LogP contribution in [0.3, 0.4) is 0 Å². The molecule has 1 aromatic carbocycles. The van der Waals surface area contributed by atoms with Gasteiger partial charge in [-0.05, 0) is 19.2 Å². The SMILES string of the molecule is CN([O-])c1ccccc1C=O. The lowest BCUT2D eigenvalue weighted by Crippen LogP contribution is -2.08. The summed E-state index contributed by atoms with van der Waals surface area (Å²) in [6, 6.07) is 6.65. The molecule has 0 saturated carbocycles. The van der Waals surface area contributed by atoms with Gasteiger partial charge in [0, 0.05) is 11.3 Å². The second-order valence-electron chi connectivity index (χ2n) is 2.17. The van der Waals surface area contributed by atoms with E-state index in [0.29, 0.717) is 22.6 Å². The molecular weight excluding hydrogens is 142 g/mol. The molecular formula is C8H8NO2-. The van der Waals surface area contributed by atoms with Crippen LogP contribution in [0.5, 0.6) is 0 Å². The molecule has 1 aromatic rings. The Labute approximate surface area is 64.8 Å². The maximum Gasteiger partial charge on any atom is 0.152 e. The largest absolute Gasteiger partial charge is 0.758 e. The lowest BCUT2D eigenvalue weighted by Gasteiger charge is -2.25. The molecule has 0 aliphatic carbocycles. The summed E-state index contributed by atoms with van der Waals surface area (Å²) < 4.78 is 0. The maximum absolute atomic E-state index is 10.8. The van der Waals surface area contributed by atoms with E-state index in [1.807, 2.05) is 0 Å². The molecule has 0 amide bonds. The molecule has 0 N–H and O–H groups in total.